The van der Waals surface area contributed by atoms with Gasteiger partial charge in [-0.05, 0) is 38.5 Å². The van der Waals surface area contributed by atoms with E-state index in [2.05, 4.69) is 20.9 Å². The molecule has 2 heterocycles. The minimum atomic E-state index is -0.505. The van der Waals surface area contributed by atoms with Crippen LogP contribution in [-0.2, 0) is 11.3 Å². The second-order valence-electron chi connectivity index (χ2n) is 5.84. The van der Waals surface area contributed by atoms with Crippen molar-refractivity contribution in [2.75, 3.05) is 13.2 Å². The minimum Gasteiger partial charge on any atom is -0.486 e. The quantitative estimate of drug-likeness (QED) is 0.616. The van der Waals surface area contributed by atoms with E-state index in [1.54, 1.807) is 26.0 Å². The number of aromatic amines is 1. The molecular formula is C18H18BrNO5. The topological polar surface area (TPSA) is 77.6 Å². The lowest BCUT2D eigenvalue weighted by atomic mass is 10.1. The van der Waals surface area contributed by atoms with Crippen molar-refractivity contribution < 1.29 is 23.8 Å². The Bertz CT molecular complexity index is 856. The number of hydrogen-bond donors (Lipinski definition) is 1. The van der Waals surface area contributed by atoms with E-state index in [4.69, 9.17) is 14.2 Å². The molecule has 0 amide bonds. The maximum atomic E-state index is 12.4. The molecule has 0 fully saturated rings. The van der Waals surface area contributed by atoms with Gasteiger partial charge in [0.2, 0.25) is 0 Å². The number of carbonyl (C=O) groups is 2. The number of H-pyrrole nitrogens is 1. The van der Waals surface area contributed by atoms with Crippen molar-refractivity contribution in [1.29, 1.82) is 0 Å². The summed E-state index contributed by atoms with van der Waals surface area (Å²) in [4.78, 5) is 27.0. The summed E-state index contributed by atoms with van der Waals surface area (Å²) in [5.74, 6) is 0.705. The fourth-order valence-electron chi connectivity index (χ4n) is 2.91. The molecule has 1 aliphatic rings. The van der Waals surface area contributed by atoms with Crippen molar-refractivity contribution in [3.8, 4) is 11.5 Å². The van der Waals surface area contributed by atoms with E-state index in [9.17, 15) is 9.59 Å². The van der Waals surface area contributed by atoms with Crippen LogP contribution in [0, 0.1) is 13.8 Å². The van der Waals surface area contributed by atoms with Gasteiger partial charge in [-0.25, -0.2) is 4.79 Å². The molecule has 0 atom stereocenters. The van der Waals surface area contributed by atoms with E-state index in [-0.39, 0.29) is 12.4 Å². The summed E-state index contributed by atoms with van der Waals surface area (Å²) in [7, 11) is 0. The molecule has 132 valence electrons. The molecule has 0 aliphatic carbocycles. The summed E-state index contributed by atoms with van der Waals surface area (Å²) in [5, 5.41) is 0. The number of ether oxygens (including phenoxy) is 3. The first kappa shape index (κ1) is 17.5. The zero-order chi connectivity index (χ0) is 18.1. The number of ketones is 1. The largest absolute Gasteiger partial charge is 0.486 e. The standard InChI is InChI=1S/C18H18BrNO5/c1-9-16(11(3)21)10(2)20-17(9)18(22)25-8-12-6-14-15(7-13(12)19)24-5-4-23-14/h6-7,20H,4-5,8H2,1-3H3. The molecule has 1 aromatic heterocycles. The van der Waals surface area contributed by atoms with E-state index in [0.717, 1.165) is 10.0 Å². The van der Waals surface area contributed by atoms with E-state index in [1.807, 2.05) is 0 Å². The third kappa shape index (κ3) is 3.42. The van der Waals surface area contributed by atoms with Crippen LogP contribution in [0.1, 0.15) is 44.6 Å². The zero-order valence-electron chi connectivity index (χ0n) is 14.2. The van der Waals surface area contributed by atoms with Crippen LogP contribution in [0.5, 0.6) is 11.5 Å². The highest BCUT2D eigenvalue weighted by atomic mass is 79.9. The summed E-state index contributed by atoms with van der Waals surface area (Å²) in [6.07, 6.45) is 0. The molecule has 0 unspecified atom stereocenters. The van der Waals surface area contributed by atoms with Crippen LogP contribution in [0.2, 0.25) is 0 Å². The van der Waals surface area contributed by atoms with Gasteiger partial charge in [0, 0.05) is 21.3 Å². The highest BCUT2D eigenvalue weighted by molar-refractivity contribution is 9.10. The Balaban J connectivity index is 1.77. The zero-order valence-corrected chi connectivity index (χ0v) is 15.8. The van der Waals surface area contributed by atoms with Crippen molar-refractivity contribution in [2.24, 2.45) is 0 Å². The van der Waals surface area contributed by atoms with Crippen molar-refractivity contribution in [3.63, 3.8) is 0 Å². The van der Waals surface area contributed by atoms with E-state index >= 15 is 0 Å². The average molecular weight is 408 g/mol. The molecule has 2 aromatic rings. The second-order valence-corrected chi connectivity index (χ2v) is 6.70. The molecule has 0 saturated heterocycles. The van der Waals surface area contributed by atoms with Crippen LogP contribution >= 0.6 is 15.9 Å². The van der Waals surface area contributed by atoms with Crippen molar-refractivity contribution in [3.05, 3.63) is 44.7 Å². The Kier molecular flexibility index (Phi) is 4.85. The molecule has 25 heavy (non-hydrogen) atoms. The molecule has 6 nitrogen and oxygen atoms in total. The predicted octanol–water partition coefficient (Wildman–Crippen LogP) is 3.72. The molecule has 0 spiro atoms. The highest BCUT2D eigenvalue weighted by Gasteiger charge is 2.22. The maximum absolute atomic E-state index is 12.4. The first-order chi connectivity index (χ1) is 11.9. The van der Waals surface area contributed by atoms with Crippen LogP contribution in [0.15, 0.2) is 16.6 Å². The normalized spacial score (nSPS) is 12.8. The summed E-state index contributed by atoms with van der Waals surface area (Å²) >= 11 is 3.45. The summed E-state index contributed by atoms with van der Waals surface area (Å²) in [6, 6.07) is 3.59. The summed E-state index contributed by atoms with van der Waals surface area (Å²) in [5.41, 5.74) is 2.88. The molecule has 7 heteroatoms. The molecule has 1 aliphatic heterocycles. The number of Topliss-reactive ketones (excluding diaryl/α,β-unsaturated/α-hetero) is 1. The van der Waals surface area contributed by atoms with Gasteiger partial charge >= 0.3 is 5.97 Å². The third-order valence-corrected chi connectivity index (χ3v) is 4.80. The Labute approximate surface area is 153 Å². The van der Waals surface area contributed by atoms with Gasteiger partial charge in [-0.1, -0.05) is 15.9 Å². The first-order valence-electron chi connectivity index (χ1n) is 7.83. The number of aryl methyl sites for hydroxylation is 1. The van der Waals surface area contributed by atoms with Crippen LogP contribution < -0.4 is 9.47 Å². The van der Waals surface area contributed by atoms with Gasteiger partial charge in [-0.3, -0.25) is 4.79 Å². The minimum absolute atomic E-state index is 0.0724. The van der Waals surface area contributed by atoms with Crippen LogP contribution in [0.3, 0.4) is 0 Å². The lowest BCUT2D eigenvalue weighted by Crippen LogP contribution is -2.16. The summed E-state index contributed by atoms with van der Waals surface area (Å²) in [6.45, 7) is 6.04. The monoisotopic (exact) mass is 407 g/mol. The Morgan fingerprint density at radius 2 is 1.84 bits per heavy atom. The Morgan fingerprint density at radius 1 is 1.20 bits per heavy atom. The predicted molar refractivity (Wildman–Crippen MR) is 94.5 cm³/mol. The van der Waals surface area contributed by atoms with Crippen molar-refractivity contribution in [1.82, 2.24) is 4.98 Å². The van der Waals surface area contributed by atoms with E-state index in [1.165, 1.54) is 6.92 Å². The van der Waals surface area contributed by atoms with Crippen LogP contribution in [0.4, 0.5) is 0 Å². The van der Waals surface area contributed by atoms with E-state index < -0.39 is 5.97 Å². The molecule has 1 aromatic carbocycles. The van der Waals surface area contributed by atoms with E-state index in [0.29, 0.717) is 47.2 Å². The van der Waals surface area contributed by atoms with Crippen molar-refractivity contribution >= 4 is 27.7 Å². The number of aromatic nitrogens is 1. The molecule has 0 bridgehead atoms. The van der Waals surface area contributed by atoms with Gasteiger partial charge in [0.15, 0.2) is 17.3 Å². The number of nitrogens with one attached hydrogen (secondary N) is 1. The lowest BCUT2D eigenvalue weighted by Gasteiger charge is -2.19. The fourth-order valence-corrected chi connectivity index (χ4v) is 3.35. The number of hydrogen-bond acceptors (Lipinski definition) is 5. The smallest absolute Gasteiger partial charge is 0.355 e. The molecule has 3 rings (SSSR count). The highest BCUT2D eigenvalue weighted by Crippen LogP contribution is 2.36. The molecular weight excluding hydrogens is 390 g/mol. The number of rotatable bonds is 4. The third-order valence-electron chi connectivity index (χ3n) is 4.06. The van der Waals surface area contributed by atoms with Gasteiger partial charge in [0.05, 0.1) is 0 Å². The van der Waals surface area contributed by atoms with Gasteiger partial charge in [0.1, 0.15) is 25.5 Å². The number of halogens is 1. The molecule has 1 N–H and O–H groups in total. The van der Waals surface area contributed by atoms with Crippen LogP contribution in [-0.4, -0.2) is 30.0 Å². The number of esters is 1. The second kappa shape index (κ2) is 6.92. The van der Waals surface area contributed by atoms with Crippen LogP contribution in [0.25, 0.3) is 0 Å². The SMILES string of the molecule is CC(=O)c1c(C)[nH]c(C(=O)OCc2cc3c(cc2Br)OCCO3)c1C. The lowest BCUT2D eigenvalue weighted by molar-refractivity contribution is 0.0464. The van der Waals surface area contributed by atoms with Crippen molar-refractivity contribution in [2.45, 2.75) is 27.4 Å². The summed E-state index contributed by atoms with van der Waals surface area (Å²) < 4.78 is 17.2. The average Bonchev–Trinajstić information content (AvgIpc) is 2.87. The number of carbonyl (C=O) groups excluding carboxylic acids is 2. The first-order valence-corrected chi connectivity index (χ1v) is 8.63. The Morgan fingerprint density at radius 3 is 2.44 bits per heavy atom. The van der Waals surface area contributed by atoms with Gasteiger partial charge in [-0.15, -0.1) is 0 Å². The number of fused-ring (bicyclic) bond motifs is 1. The maximum Gasteiger partial charge on any atom is 0.355 e. The fraction of sp³-hybridized carbons (Fsp3) is 0.333. The molecule has 0 saturated carbocycles. The van der Waals surface area contributed by atoms with Gasteiger partial charge in [-0.2, -0.15) is 0 Å². The Hall–Kier alpha value is -2.28. The molecule has 0 radical (unpaired) electrons. The van der Waals surface area contributed by atoms with Gasteiger partial charge < -0.3 is 19.2 Å². The van der Waals surface area contributed by atoms with Gasteiger partial charge in [0.25, 0.3) is 0 Å². The number of benzene rings is 1.